The molecule has 21 heavy (non-hydrogen) atoms. The van der Waals surface area contributed by atoms with Crippen molar-refractivity contribution in [2.24, 2.45) is 0 Å². The van der Waals surface area contributed by atoms with Crippen molar-refractivity contribution in [3.63, 3.8) is 0 Å². The molecule has 0 spiro atoms. The van der Waals surface area contributed by atoms with Crippen molar-refractivity contribution in [3.8, 4) is 11.5 Å². The highest BCUT2D eigenvalue weighted by molar-refractivity contribution is 6.09. The summed E-state index contributed by atoms with van der Waals surface area (Å²) < 4.78 is 10.6. The maximum atomic E-state index is 12.3. The lowest BCUT2D eigenvalue weighted by atomic mass is 10.0. The van der Waals surface area contributed by atoms with Crippen LogP contribution in [-0.2, 0) is 0 Å². The van der Waals surface area contributed by atoms with Crippen molar-refractivity contribution in [3.05, 3.63) is 59.7 Å². The third-order valence-corrected chi connectivity index (χ3v) is 3.09. The van der Waals surface area contributed by atoms with Gasteiger partial charge in [0.15, 0.2) is 5.78 Å². The van der Waals surface area contributed by atoms with Crippen LogP contribution < -0.4 is 14.8 Å². The van der Waals surface area contributed by atoms with Crippen molar-refractivity contribution in [1.29, 1.82) is 0 Å². The van der Waals surface area contributed by atoms with Crippen molar-refractivity contribution >= 4 is 5.78 Å². The van der Waals surface area contributed by atoms with Gasteiger partial charge in [-0.3, -0.25) is 4.79 Å². The molecule has 0 aliphatic carbocycles. The Hall–Kier alpha value is -2.33. The Morgan fingerprint density at radius 3 is 1.95 bits per heavy atom. The van der Waals surface area contributed by atoms with Crippen LogP contribution in [0, 0.1) is 0 Å². The van der Waals surface area contributed by atoms with Crippen LogP contribution in [0.5, 0.6) is 11.5 Å². The Labute approximate surface area is 124 Å². The minimum absolute atomic E-state index is 0.0144. The molecule has 0 aromatic heterocycles. The quantitative estimate of drug-likeness (QED) is 0.627. The minimum atomic E-state index is -0.0144. The molecule has 2 rings (SSSR count). The summed E-state index contributed by atoms with van der Waals surface area (Å²) >= 11 is 0. The van der Waals surface area contributed by atoms with Gasteiger partial charge >= 0.3 is 0 Å². The van der Waals surface area contributed by atoms with Gasteiger partial charge in [0.1, 0.15) is 18.1 Å². The zero-order valence-electron chi connectivity index (χ0n) is 12.3. The number of carbonyl (C=O) groups is 1. The number of ketones is 1. The van der Waals surface area contributed by atoms with Gasteiger partial charge in [0.05, 0.1) is 7.11 Å². The van der Waals surface area contributed by atoms with E-state index in [0.29, 0.717) is 17.7 Å². The molecule has 0 atom stereocenters. The molecule has 4 nitrogen and oxygen atoms in total. The molecule has 0 aliphatic heterocycles. The van der Waals surface area contributed by atoms with Gasteiger partial charge in [-0.2, -0.15) is 0 Å². The van der Waals surface area contributed by atoms with Crippen LogP contribution in [0.1, 0.15) is 15.9 Å². The number of hydrogen-bond donors (Lipinski definition) is 1. The number of benzene rings is 2. The average molecular weight is 285 g/mol. The van der Waals surface area contributed by atoms with E-state index >= 15 is 0 Å². The fourth-order valence-electron chi connectivity index (χ4n) is 1.88. The van der Waals surface area contributed by atoms with Crippen LogP contribution >= 0.6 is 0 Å². The van der Waals surface area contributed by atoms with E-state index in [1.807, 2.05) is 19.2 Å². The zero-order chi connectivity index (χ0) is 15.1. The number of rotatable bonds is 7. The van der Waals surface area contributed by atoms with E-state index in [2.05, 4.69) is 5.32 Å². The van der Waals surface area contributed by atoms with Crippen molar-refractivity contribution in [2.75, 3.05) is 27.3 Å². The topological polar surface area (TPSA) is 47.6 Å². The zero-order valence-corrected chi connectivity index (χ0v) is 12.3. The van der Waals surface area contributed by atoms with Gasteiger partial charge in [0.25, 0.3) is 0 Å². The summed E-state index contributed by atoms with van der Waals surface area (Å²) in [6, 6.07) is 14.3. The van der Waals surface area contributed by atoms with E-state index in [0.717, 1.165) is 18.0 Å². The lowest BCUT2D eigenvalue weighted by molar-refractivity contribution is 0.103. The molecular weight excluding hydrogens is 266 g/mol. The molecule has 0 saturated carbocycles. The smallest absolute Gasteiger partial charge is 0.193 e. The molecule has 0 saturated heterocycles. The summed E-state index contributed by atoms with van der Waals surface area (Å²) in [4.78, 5) is 12.3. The van der Waals surface area contributed by atoms with Crippen LogP contribution in [0.2, 0.25) is 0 Å². The molecule has 0 amide bonds. The number of hydrogen-bond acceptors (Lipinski definition) is 4. The summed E-state index contributed by atoms with van der Waals surface area (Å²) in [5.74, 6) is 1.48. The normalized spacial score (nSPS) is 10.2. The molecule has 0 aliphatic rings. The molecule has 0 bridgehead atoms. The first kappa shape index (κ1) is 15.1. The fourth-order valence-corrected chi connectivity index (χ4v) is 1.88. The third kappa shape index (κ3) is 4.07. The predicted molar refractivity (Wildman–Crippen MR) is 82.3 cm³/mol. The van der Waals surface area contributed by atoms with E-state index in [-0.39, 0.29) is 5.78 Å². The fraction of sp³-hybridized carbons (Fsp3) is 0.235. The first-order valence-electron chi connectivity index (χ1n) is 6.81. The lowest BCUT2D eigenvalue weighted by Crippen LogP contribution is -2.15. The van der Waals surface area contributed by atoms with E-state index in [1.165, 1.54) is 0 Å². The van der Waals surface area contributed by atoms with Gasteiger partial charge in [0.2, 0.25) is 0 Å². The molecule has 1 N–H and O–H groups in total. The molecule has 0 unspecified atom stereocenters. The SMILES string of the molecule is CNCCOc1ccc(C(=O)c2ccc(OC)cc2)cc1. The molecule has 0 radical (unpaired) electrons. The van der Waals surface area contributed by atoms with E-state index in [4.69, 9.17) is 9.47 Å². The largest absolute Gasteiger partial charge is 0.497 e. The first-order valence-corrected chi connectivity index (χ1v) is 6.81. The van der Waals surface area contributed by atoms with E-state index in [1.54, 1.807) is 43.5 Å². The number of carbonyl (C=O) groups excluding carboxylic acids is 1. The van der Waals surface area contributed by atoms with Crippen molar-refractivity contribution in [2.45, 2.75) is 0 Å². The van der Waals surface area contributed by atoms with Crippen molar-refractivity contribution < 1.29 is 14.3 Å². The van der Waals surface area contributed by atoms with Crippen LogP contribution in [0.25, 0.3) is 0 Å². The first-order chi connectivity index (χ1) is 10.2. The number of ether oxygens (including phenoxy) is 2. The molecule has 2 aromatic carbocycles. The standard InChI is InChI=1S/C17H19NO3/c1-18-11-12-21-16-9-5-14(6-10-16)17(19)13-3-7-15(20-2)8-4-13/h3-10,18H,11-12H2,1-2H3. The summed E-state index contributed by atoms with van der Waals surface area (Å²) in [6.45, 7) is 1.38. The maximum absolute atomic E-state index is 12.3. The Kier molecular flexibility index (Phi) is 5.35. The highest BCUT2D eigenvalue weighted by Gasteiger charge is 2.09. The second-order valence-corrected chi connectivity index (χ2v) is 4.53. The molecule has 0 heterocycles. The van der Waals surface area contributed by atoms with Crippen LogP contribution in [-0.4, -0.2) is 33.1 Å². The van der Waals surface area contributed by atoms with Crippen molar-refractivity contribution in [1.82, 2.24) is 5.32 Å². The van der Waals surface area contributed by atoms with Gasteiger partial charge < -0.3 is 14.8 Å². The van der Waals surface area contributed by atoms with Crippen LogP contribution in [0.15, 0.2) is 48.5 Å². The average Bonchev–Trinajstić information content (AvgIpc) is 2.55. The monoisotopic (exact) mass is 285 g/mol. The highest BCUT2D eigenvalue weighted by Crippen LogP contribution is 2.17. The lowest BCUT2D eigenvalue weighted by Gasteiger charge is -2.07. The Morgan fingerprint density at radius 2 is 1.48 bits per heavy atom. The minimum Gasteiger partial charge on any atom is -0.497 e. The second-order valence-electron chi connectivity index (χ2n) is 4.53. The molecule has 4 heteroatoms. The van der Waals surface area contributed by atoms with Gasteiger partial charge in [-0.25, -0.2) is 0 Å². The molecular formula is C17H19NO3. The maximum Gasteiger partial charge on any atom is 0.193 e. The van der Waals surface area contributed by atoms with Gasteiger partial charge in [-0.05, 0) is 55.6 Å². The summed E-state index contributed by atoms with van der Waals surface area (Å²) in [5.41, 5.74) is 1.28. The summed E-state index contributed by atoms with van der Waals surface area (Å²) in [7, 11) is 3.48. The van der Waals surface area contributed by atoms with Gasteiger partial charge in [-0.15, -0.1) is 0 Å². The third-order valence-electron chi connectivity index (χ3n) is 3.09. The second kappa shape index (κ2) is 7.45. The Morgan fingerprint density at radius 1 is 0.952 bits per heavy atom. The Bertz CT molecular complexity index is 576. The van der Waals surface area contributed by atoms with E-state index in [9.17, 15) is 4.79 Å². The van der Waals surface area contributed by atoms with Crippen LogP contribution in [0.4, 0.5) is 0 Å². The highest BCUT2D eigenvalue weighted by atomic mass is 16.5. The number of nitrogens with one attached hydrogen (secondary N) is 1. The summed E-state index contributed by atoms with van der Waals surface area (Å²) in [5, 5.41) is 3.01. The predicted octanol–water partition coefficient (Wildman–Crippen LogP) is 2.52. The van der Waals surface area contributed by atoms with E-state index < -0.39 is 0 Å². The molecule has 2 aromatic rings. The van der Waals surface area contributed by atoms with Gasteiger partial charge in [-0.1, -0.05) is 0 Å². The number of likely N-dealkylation sites (N-methyl/N-ethyl adjacent to an activating group) is 1. The summed E-state index contributed by atoms with van der Waals surface area (Å²) in [6.07, 6.45) is 0. The van der Waals surface area contributed by atoms with Crippen LogP contribution in [0.3, 0.4) is 0 Å². The Balaban J connectivity index is 2.04. The van der Waals surface area contributed by atoms with Gasteiger partial charge in [0, 0.05) is 17.7 Å². The molecule has 110 valence electrons. The molecule has 0 fully saturated rings. The number of methoxy groups -OCH3 is 1.